The molecule has 1 aromatic heterocycles. The highest BCUT2D eigenvalue weighted by Crippen LogP contribution is 2.54. The van der Waals surface area contributed by atoms with Gasteiger partial charge in [0.25, 0.3) is 5.91 Å². The van der Waals surface area contributed by atoms with E-state index < -0.39 is 46.5 Å². The first-order valence-electron chi connectivity index (χ1n) is 13.6. The Morgan fingerprint density at radius 3 is 2.51 bits per heavy atom. The van der Waals surface area contributed by atoms with E-state index in [1.165, 1.54) is 13.2 Å². The molecule has 9 nitrogen and oxygen atoms in total. The number of hydrogen-bond donors (Lipinski definition) is 2. The number of methoxy groups -OCH3 is 1. The number of halogens is 3. The van der Waals surface area contributed by atoms with E-state index in [1.807, 2.05) is 25.1 Å². The number of rotatable bonds is 7. The molecule has 6 rings (SSSR count). The number of carbonyl (C=O) groups is 3. The molecule has 0 radical (unpaired) electrons. The van der Waals surface area contributed by atoms with Crippen LogP contribution in [0.1, 0.15) is 27.5 Å². The van der Waals surface area contributed by atoms with E-state index in [0.717, 1.165) is 51.8 Å². The molecule has 1 fully saturated rings. The van der Waals surface area contributed by atoms with Gasteiger partial charge in [0.15, 0.2) is 18.1 Å². The van der Waals surface area contributed by atoms with Crippen LogP contribution in [0.5, 0.6) is 11.5 Å². The molecule has 0 saturated carbocycles. The highest BCUT2D eigenvalue weighted by molar-refractivity contribution is 8.00. The molecule has 3 atom stereocenters. The molecule has 3 amide bonds. The van der Waals surface area contributed by atoms with Crippen LogP contribution < -0.4 is 24.6 Å². The Hall–Kier alpha value is -4.56. The summed E-state index contributed by atoms with van der Waals surface area (Å²) in [4.78, 5) is 56.1. The number of thioether (sulfide) groups is 1. The maximum absolute atomic E-state index is 13.9. The van der Waals surface area contributed by atoms with Gasteiger partial charge < -0.3 is 19.8 Å². The van der Waals surface area contributed by atoms with Gasteiger partial charge in [-0.15, -0.1) is 0 Å². The predicted molar refractivity (Wildman–Crippen MR) is 162 cm³/mol. The zero-order chi connectivity index (χ0) is 32.0. The number of aromatic nitrogens is 1. The topological polar surface area (TPSA) is 118 Å². The molecule has 14 heteroatoms. The summed E-state index contributed by atoms with van der Waals surface area (Å²) in [6.45, 7) is 1.58. The first-order valence-corrected chi connectivity index (χ1v) is 15.3. The summed E-state index contributed by atoms with van der Waals surface area (Å²) in [7, 11) is 1.40. The van der Waals surface area contributed by atoms with Gasteiger partial charge in [0.05, 0.1) is 29.3 Å². The highest BCUT2D eigenvalue weighted by atomic mass is 32.2. The molecule has 0 unspecified atom stereocenters. The summed E-state index contributed by atoms with van der Waals surface area (Å²) in [5.74, 6) is -3.09. The minimum Gasteiger partial charge on any atom is -0.493 e. The zero-order valence-electron chi connectivity index (χ0n) is 23.6. The van der Waals surface area contributed by atoms with Crippen molar-refractivity contribution in [3.8, 4) is 11.5 Å². The number of fused-ring (bicyclic) bond motifs is 2. The number of benzene rings is 3. The number of anilines is 2. The number of nitrogens with one attached hydrogen (secondary N) is 2. The molecule has 3 heterocycles. The lowest BCUT2D eigenvalue weighted by Gasteiger charge is -2.30. The summed E-state index contributed by atoms with van der Waals surface area (Å²) in [5, 5.41) is 2.17. The SMILES string of the molecule is COc1cc([C@@H]2c3sc(=O)[nH]c3S[C@H]3C(=O)N(c4cccc(C(F)(F)F)c4)C(=O)[C@@H]23)ccc1OCC(=O)Nc1cccc(C)c1. The van der Waals surface area contributed by atoms with E-state index in [4.69, 9.17) is 9.47 Å². The molecule has 2 N–H and O–H groups in total. The average Bonchev–Trinajstić information content (AvgIpc) is 3.49. The van der Waals surface area contributed by atoms with Crippen LogP contribution >= 0.6 is 23.1 Å². The normalized spacial score (nSPS) is 19.2. The van der Waals surface area contributed by atoms with Gasteiger partial charge in [-0.3, -0.25) is 19.2 Å². The summed E-state index contributed by atoms with van der Waals surface area (Å²) in [6.07, 6.45) is -4.67. The Labute approximate surface area is 262 Å². The third-order valence-corrected chi connectivity index (χ3v) is 9.86. The van der Waals surface area contributed by atoms with Crippen LogP contribution in [-0.2, 0) is 20.6 Å². The molecule has 45 heavy (non-hydrogen) atoms. The van der Waals surface area contributed by atoms with Crippen molar-refractivity contribution in [2.24, 2.45) is 5.92 Å². The lowest BCUT2D eigenvalue weighted by molar-refractivity contribution is -0.137. The first-order chi connectivity index (χ1) is 21.4. The van der Waals surface area contributed by atoms with Gasteiger partial charge in [0, 0.05) is 16.5 Å². The number of nitrogens with zero attached hydrogens (tertiary/aromatic N) is 1. The minimum atomic E-state index is -4.67. The van der Waals surface area contributed by atoms with E-state index in [-0.39, 0.29) is 28.7 Å². The first kappa shape index (κ1) is 30.5. The fourth-order valence-electron chi connectivity index (χ4n) is 5.51. The maximum atomic E-state index is 13.9. The van der Waals surface area contributed by atoms with E-state index in [2.05, 4.69) is 10.3 Å². The monoisotopic (exact) mass is 655 g/mol. The second kappa shape index (κ2) is 11.7. The van der Waals surface area contributed by atoms with Crippen molar-refractivity contribution in [3.63, 3.8) is 0 Å². The number of H-pyrrole nitrogens is 1. The Bertz CT molecular complexity index is 1890. The van der Waals surface area contributed by atoms with Crippen molar-refractivity contribution in [1.82, 2.24) is 4.98 Å². The standard InChI is InChI=1S/C31H24F3N3O6S2/c1-15-5-3-7-18(11-15)35-22(38)14-43-20-10-9-16(12-21(20)42-2)23-24-26(44-27-25(23)45-30(41)36-27)29(40)37(28(24)39)19-8-4-6-17(13-19)31(32,33)34/h3-13,23-24,26H,14H2,1-2H3,(H,35,38)(H,36,41)/t23-,24-,26+/m0/s1. The van der Waals surface area contributed by atoms with Crippen molar-refractivity contribution in [3.05, 3.63) is 98.0 Å². The average molecular weight is 656 g/mol. The van der Waals surface area contributed by atoms with Gasteiger partial charge in [-0.2, -0.15) is 13.2 Å². The minimum absolute atomic E-state index is 0.185. The summed E-state index contributed by atoms with van der Waals surface area (Å²) in [6, 6.07) is 16.2. The molecule has 2 aliphatic rings. The van der Waals surface area contributed by atoms with Crippen LogP contribution in [0, 0.1) is 12.8 Å². The number of aromatic amines is 1. The molecule has 1 saturated heterocycles. The van der Waals surface area contributed by atoms with Crippen LogP contribution in [0.15, 0.2) is 76.6 Å². The van der Waals surface area contributed by atoms with Crippen LogP contribution in [0.2, 0.25) is 0 Å². The lowest BCUT2D eigenvalue weighted by atomic mass is 9.83. The van der Waals surface area contributed by atoms with Gasteiger partial charge in [-0.05, 0) is 60.5 Å². The van der Waals surface area contributed by atoms with Crippen molar-refractivity contribution < 1.29 is 37.0 Å². The fourth-order valence-corrected chi connectivity index (χ4v) is 8.03. The molecule has 2 aliphatic heterocycles. The van der Waals surface area contributed by atoms with Crippen molar-refractivity contribution in [2.75, 3.05) is 23.9 Å². The van der Waals surface area contributed by atoms with Gasteiger partial charge in [-0.25, -0.2) is 4.90 Å². The zero-order valence-corrected chi connectivity index (χ0v) is 25.3. The number of carbonyl (C=O) groups excluding carboxylic acids is 3. The Balaban J connectivity index is 1.31. The molecule has 232 valence electrons. The van der Waals surface area contributed by atoms with Gasteiger partial charge in [0.1, 0.15) is 5.25 Å². The Morgan fingerprint density at radius 2 is 1.78 bits per heavy atom. The fraction of sp³-hybridized carbons (Fsp3) is 0.226. The molecular formula is C31H24F3N3O6S2. The third kappa shape index (κ3) is 5.82. The van der Waals surface area contributed by atoms with Gasteiger partial charge >= 0.3 is 11.0 Å². The summed E-state index contributed by atoms with van der Waals surface area (Å²) in [5.41, 5.74) is 0.936. The van der Waals surface area contributed by atoms with Crippen molar-refractivity contribution in [1.29, 1.82) is 0 Å². The van der Waals surface area contributed by atoms with Gasteiger partial charge in [-0.1, -0.05) is 47.4 Å². The number of amides is 3. The third-order valence-electron chi connectivity index (χ3n) is 7.46. The second-order valence-electron chi connectivity index (χ2n) is 10.4. The van der Waals surface area contributed by atoms with E-state index >= 15 is 0 Å². The van der Waals surface area contributed by atoms with Gasteiger partial charge in [0.2, 0.25) is 11.8 Å². The molecule has 0 bridgehead atoms. The summed E-state index contributed by atoms with van der Waals surface area (Å²) < 4.78 is 51.6. The summed E-state index contributed by atoms with van der Waals surface area (Å²) >= 11 is 1.91. The second-order valence-corrected chi connectivity index (χ2v) is 12.6. The molecule has 0 aliphatic carbocycles. The van der Waals surface area contributed by atoms with Crippen molar-refractivity contribution in [2.45, 2.75) is 29.3 Å². The molecule has 4 aromatic rings. The van der Waals surface area contributed by atoms with Crippen LogP contribution in [-0.4, -0.2) is 41.7 Å². The maximum Gasteiger partial charge on any atom is 0.416 e. The van der Waals surface area contributed by atoms with E-state index in [1.54, 1.807) is 24.3 Å². The predicted octanol–water partition coefficient (Wildman–Crippen LogP) is 5.59. The van der Waals surface area contributed by atoms with Crippen LogP contribution in [0.25, 0.3) is 0 Å². The Kier molecular flexibility index (Phi) is 7.95. The van der Waals surface area contributed by atoms with E-state index in [9.17, 15) is 32.3 Å². The van der Waals surface area contributed by atoms with E-state index in [0.29, 0.717) is 21.2 Å². The van der Waals surface area contributed by atoms with Crippen LogP contribution in [0.3, 0.4) is 0 Å². The van der Waals surface area contributed by atoms with Crippen molar-refractivity contribution >= 4 is 52.2 Å². The van der Waals surface area contributed by atoms with Crippen LogP contribution in [0.4, 0.5) is 24.5 Å². The largest absolute Gasteiger partial charge is 0.493 e. The molecule has 3 aromatic carbocycles. The Morgan fingerprint density at radius 1 is 1.00 bits per heavy atom. The lowest BCUT2D eigenvalue weighted by Crippen LogP contribution is -2.32. The number of thiazole rings is 1. The number of alkyl halides is 3. The molecule has 0 spiro atoms. The number of ether oxygens (including phenoxy) is 2. The quantitative estimate of drug-likeness (QED) is 0.250. The number of imide groups is 1. The smallest absolute Gasteiger partial charge is 0.416 e. The molecular weight excluding hydrogens is 631 g/mol. The highest BCUT2D eigenvalue weighted by Gasteiger charge is 2.56. The number of aryl methyl sites for hydroxylation is 1. The number of hydrogen-bond acceptors (Lipinski definition) is 8.